The van der Waals surface area contributed by atoms with Crippen LogP contribution in [0.15, 0.2) is 16.8 Å². The summed E-state index contributed by atoms with van der Waals surface area (Å²) in [5, 5.41) is 12.1. The third-order valence-electron chi connectivity index (χ3n) is 5.76. The van der Waals surface area contributed by atoms with Gasteiger partial charge in [-0.15, -0.1) is 0 Å². The molecule has 2 saturated heterocycles. The summed E-state index contributed by atoms with van der Waals surface area (Å²) in [6.45, 7) is 7.67. The van der Waals surface area contributed by atoms with Gasteiger partial charge in [0.1, 0.15) is 5.69 Å². The fourth-order valence-electron chi connectivity index (χ4n) is 4.18. The molecule has 0 spiro atoms. The summed E-state index contributed by atoms with van der Waals surface area (Å²) < 4.78 is 7.48. The Balaban J connectivity index is 1.41. The second-order valence-corrected chi connectivity index (χ2v) is 7.34. The standard InChI is InChI=1S/C18H27N5O/c1-13-17(10-20-22(13)2)18-8-16(24-21-18)12-23-7-3-4-15(11-23)14-5-6-19-9-14/h8,10,14-15,19H,3-7,9,11-12H2,1-2H3. The van der Waals surface area contributed by atoms with Crippen molar-refractivity contribution in [3.63, 3.8) is 0 Å². The SMILES string of the molecule is Cc1c(-c2cc(CN3CCCC(C4CCNC4)C3)on2)cnn1C. The average Bonchev–Trinajstić information content (AvgIpc) is 3.31. The van der Waals surface area contributed by atoms with Crippen LogP contribution >= 0.6 is 0 Å². The summed E-state index contributed by atoms with van der Waals surface area (Å²) >= 11 is 0. The lowest BCUT2D eigenvalue weighted by atomic mass is 9.85. The highest BCUT2D eigenvalue weighted by Crippen LogP contribution is 2.29. The number of nitrogens with one attached hydrogen (secondary N) is 1. The minimum absolute atomic E-state index is 0.830. The Labute approximate surface area is 143 Å². The molecule has 2 atom stereocenters. The van der Waals surface area contributed by atoms with Gasteiger partial charge in [0.05, 0.1) is 12.7 Å². The average molecular weight is 329 g/mol. The first-order valence-electron chi connectivity index (χ1n) is 9.08. The number of hydrogen-bond donors (Lipinski definition) is 1. The van der Waals surface area contributed by atoms with E-state index >= 15 is 0 Å². The van der Waals surface area contributed by atoms with Crippen molar-refractivity contribution in [3.8, 4) is 11.3 Å². The molecule has 2 aliphatic rings. The third-order valence-corrected chi connectivity index (χ3v) is 5.76. The number of hydrogen-bond acceptors (Lipinski definition) is 5. The molecule has 0 aliphatic carbocycles. The normalized spacial score (nSPS) is 25.4. The van der Waals surface area contributed by atoms with Gasteiger partial charge in [0.15, 0.2) is 5.76 Å². The first-order valence-corrected chi connectivity index (χ1v) is 9.08. The minimum Gasteiger partial charge on any atom is -0.359 e. The number of nitrogens with zero attached hydrogens (tertiary/aromatic N) is 4. The number of rotatable bonds is 4. The molecular formula is C18H27N5O. The summed E-state index contributed by atoms with van der Waals surface area (Å²) in [6.07, 6.45) is 5.87. The van der Waals surface area contributed by atoms with Gasteiger partial charge in [0.2, 0.25) is 0 Å². The molecule has 24 heavy (non-hydrogen) atoms. The third kappa shape index (κ3) is 3.13. The fraction of sp³-hybridized carbons (Fsp3) is 0.667. The predicted molar refractivity (Wildman–Crippen MR) is 92.4 cm³/mol. The summed E-state index contributed by atoms with van der Waals surface area (Å²) in [6, 6.07) is 2.07. The molecule has 1 N–H and O–H groups in total. The zero-order chi connectivity index (χ0) is 16.5. The number of aryl methyl sites for hydroxylation is 1. The second-order valence-electron chi connectivity index (χ2n) is 7.34. The zero-order valence-corrected chi connectivity index (χ0v) is 14.7. The summed E-state index contributed by atoms with van der Waals surface area (Å²) in [4.78, 5) is 2.53. The molecule has 2 unspecified atom stereocenters. The molecule has 6 heteroatoms. The van der Waals surface area contributed by atoms with Crippen LogP contribution in [0.25, 0.3) is 11.3 Å². The first-order chi connectivity index (χ1) is 11.7. The number of likely N-dealkylation sites (tertiary alicyclic amines) is 1. The molecule has 6 nitrogen and oxygen atoms in total. The highest BCUT2D eigenvalue weighted by atomic mass is 16.5. The maximum atomic E-state index is 5.61. The Bertz CT molecular complexity index is 685. The zero-order valence-electron chi connectivity index (χ0n) is 14.7. The lowest BCUT2D eigenvalue weighted by Crippen LogP contribution is -2.38. The van der Waals surface area contributed by atoms with Crippen molar-refractivity contribution in [1.29, 1.82) is 0 Å². The predicted octanol–water partition coefficient (Wildman–Crippen LogP) is 2.21. The van der Waals surface area contributed by atoms with E-state index in [-0.39, 0.29) is 0 Å². The van der Waals surface area contributed by atoms with Crippen molar-refractivity contribution >= 4 is 0 Å². The summed E-state index contributed by atoms with van der Waals surface area (Å²) in [5.41, 5.74) is 3.06. The van der Waals surface area contributed by atoms with E-state index in [1.165, 1.54) is 45.4 Å². The van der Waals surface area contributed by atoms with Crippen molar-refractivity contribution in [2.45, 2.75) is 32.7 Å². The number of piperidine rings is 1. The van der Waals surface area contributed by atoms with Crippen molar-refractivity contribution in [3.05, 3.63) is 23.7 Å². The molecule has 130 valence electrons. The molecule has 0 bridgehead atoms. The van der Waals surface area contributed by atoms with Gasteiger partial charge in [0, 0.05) is 30.9 Å². The van der Waals surface area contributed by atoms with Crippen LogP contribution in [0.2, 0.25) is 0 Å². The second kappa shape index (κ2) is 6.69. The van der Waals surface area contributed by atoms with E-state index < -0.39 is 0 Å². The van der Waals surface area contributed by atoms with E-state index in [4.69, 9.17) is 4.52 Å². The van der Waals surface area contributed by atoms with Gasteiger partial charge in [-0.3, -0.25) is 9.58 Å². The van der Waals surface area contributed by atoms with Crippen LogP contribution in [0.1, 0.15) is 30.7 Å². The molecule has 4 heterocycles. The van der Waals surface area contributed by atoms with Gasteiger partial charge in [0.25, 0.3) is 0 Å². The fourth-order valence-corrected chi connectivity index (χ4v) is 4.18. The maximum absolute atomic E-state index is 5.61. The van der Waals surface area contributed by atoms with E-state index in [1.807, 2.05) is 17.9 Å². The van der Waals surface area contributed by atoms with Crippen molar-refractivity contribution < 1.29 is 4.52 Å². The highest BCUT2D eigenvalue weighted by molar-refractivity contribution is 5.60. The van der Waals surface area contributed by atoms with Crippen LogP contribution in [0, 0.1) is 18.8 Å². The Morgan fingerprint density at radius 2 is 2.25 bits per heavy atom. The summed E-state index contributed by atoms with van der Waals surface area (Å²) in [7, 11) is 1.95. The van der Waals surface area contributed by atoms with Crippen LogP contribution in [-0.2, 0) is 13.6 Å². The molecular weight excluding hydrogens is 302 g/mol. The monoisotopic (exact) mass is 329 g/mol. The van der Waals surface area contributed by atoms with Gasteiger partial charge < -0.3 is 9.84 Å². The molecule has 0 amide bonds. The van der Waals surface area contributed by atoms with Gasteiger partial charge in [-0.2, -0.15) is 5.10 Å². The molecule has 0 radical (unpaired) electrons. The van der Waals surface area contributed by atoms with Gasteiger partial charge >= 0.3 is 0 Å². The van der Waals surface area contributed by atoms with Crippen molar-refractivity contribution in [2.24, 2.45) is 18.9 Å². The van der Waals surface area contributed by atoms with Crippen LogP contribution in [0.4, 0.5) is 0 Å². The Morgan fingerprint density at radius 1 is 1.33 bits per heavy atom. The number of aromatic nitrogens is 3. The minimum atomic E-state index is 0.830. The van der Waals surface area contributed by atoms with Crippen LogP contribution < -0.4 is 5.32 Å². The highest BCUT2D eigenvalue weighted by Gasteiger charge is 2.29. The largest absolute Gasteiger partial charge is 0.359 e. The van der Waals surface area contributed by atoms with Gasteiger partial charge in [-0.25, -0.2) is 0 Å². The van der Waals surface area contributed by atoms with E-state index in [9.17, 15) is 0 Å². The molecule has 0 saturated carbocycles. The Morgan fingerprint density at radius 3 is 3.00 bits per heavy atom. The lowest BCUT2D eigenvalue weighted by molar-refractivity contribution is 0.123. The van der Waals surface area contributed by atoms with Crippen molar-refractivity contribution in [2.75, 3.05) is 26.2 Å². The quantitative estimate of drug-likeness (QED) is 0.932. The van der Waals surface area contributed by atoms with Gasteiger partial charge in [-0.1, -0.05) is 5.16 Å². The lowest BCUT2D eigenvalue weighted by Gasteiger charge is -2.35. The molecule has 2 fully saturated rings. The van der Waals surface area contributed by atoms with E-state index in [1.54, 1.807) is 0 Å². The van der Waals surface area contributed by atoms with E-state index in [0.717, 1.165) is 41.1 Å². The van der Waals surface area contributed by atoms with Crippen molar-refractivity contribution in [1.82, 2.24) is 25.2 Å². The smallest absolute Gasteiger partial charge is 0.151 e. The molecule has 4 rings (SSSR count). The van der Waals surface area contributed by atoms with E-state index in [2.05, 4.69) is 33.5 Å². The summed E-state index contributed by atoms with van der Waals surface area (Å²) in [5.74, 6) is 2.64. The molecule has 0 aromatic carbocycles. The first kappa shape index (κ1) is 15.8. The maximum Gasteiger partial charge on any atom is 0.151 e. The molecule has 2 aromatic heterocycles. The van der Waals surface area contributed by atoms with Crippen LogP contribution in [0.3, 0.4) is 0 Å². The van der Waals surface area contributed by atoms with Gasteiger partial charge in [-0.05, 0) is 57.7 Å². The molecule has 2 aliphatic heterocycles. The Hall–Kier alpha value is -1.66. The molecule has 2 aromatic rings. The van der Waals surface area contributed by atoms with E-state index in [0.29, 0.717) is 0 Å². The topological polar surface area (TPSA) is 59.1 Å². The Kier molecular flexibility index (Phi) is 4.41. The van der Waals surface area contributed by atoms with Crippen LogP contribution in [0.5, 0.6) is 0 Å². The van der Waals surface area contributed by atoms with Crippen LogP contribution in [-0.4, -0.2) is 46.0 Å².